The Bertz CT molecular complexity index is 569. The number of benzene rings is 1. The van der Waals surface area contributed by atoms with Crippen LogP contribution in [0.5, 0.6) is 0 Å². The van der Waals surface area contributed by atoms with Crippen LogP contribution in [0.4, 0.5) is 11.5 Å². The van der Waals surface area contributed by atoms with Crippen LogP contribution in [0, 0.1) is 0 Å². The Balaban J connectivity index is 2.15. The van der Waals surface area contributed by atoms with Gasteiger partial charge in [0.15, 0.2) is 0 Å². The summed E-state index contributed by atoms with van der Waals surface area (Å²) in [6.07, 6.45) is 2.02. The number of carbonyl (C=O) groups is 1. The van der Waals surface area contributed by atoms with E-state index in [2.05, 4.69) is 15.0 Å². The van der Waals surface area contributed by atoms with E-state index in [4.69, 9.17) is 5.73 Å². The molecule has 3 N–H and O–H groups in total. The summed E-state index contributed by atoms with van der Waals surface area (Å²) in [5.41, 5.74) is 6.45. The van der Waals surface area contributed by atoms with Crippen LogP contribution < -0.4 is 11.1 Å². The normalized spacial score (nSPS) is 10.3. The van der Waals surface area contributed by atoms with E-state index in [9.17, 15) is 4.79 Å². The summed E-state index contributed by atoms with van der Waals surface area (Å²) in [6.45, 7) is 0.489. The molecular formula is C13H15N3O2. The Kier molecular flexibility index (Phi) is 3.62. The SMILES string of the molecule is COC(=O)CCNc1nccc2cc(N)ccc12. The van der Waals surface area contributed by atoms with E-state index in [0.29, 0.717) is 18.7 Å². The van der Waals surface area contributed by atoms with Crippen molar-refractivity contribution >= 4 is 28.2 Å². The maximum absolute atomic E-state index is 11.0. The van der Waals surface area contributed by atoms with E-state index in [1.54, 1.807) is 6.20 Å². The van der Waals surface area contributed by atoms with Gasteiger partial charge in [0.25, 0.3) is 0 Å². The molecule has 1 heterocycles. The van der Waals surface area contributed by atoms with Crippen LogP contribution in [-0.2, 0) is 9.53 Å². The monoisotopic (exact) mass is 245 g/mol. The number of esters is 1. The largest absolute Gasteiger partial charge is 0.469 e. The van der Waals surface area contributed by atoms with Gasteiger partial charge in [-0.25, -0.2) is 4.98 Å². The molecule has 0 aliphatic heterocycles. The molecule has 0 spiro atoms. The van der Waals surface area contributed by atoms with Crippen molar-refractivity contribution in [3.63, 3.8) is 0 Å². The van der Waals surface area contributed by atoms with Crippen LogP contribution in [-0.4, -0.2) is 24.6 Å². The van der Waals surface area contributed by atoms with Crippen molar-refractivity contribution in [3.05, 3.63) is 30.5 Å². The lowest BCUT2D eigenvalue weighted by molar-refractivity contribution is -0.140. The maximum Gasteiger partial charge on any atom is 0.307 e. The number of nitrogen functional groups attached to an aromatic ring is 1. The van der Waals surface area contributed by atoms with Gasteiger partial charge in [0.05, 0.1) is 13.5 Å². The molecule has 0 unspecified atom stereocenters. The molecule has 0 saturated heterocycles. The zero-order valence-corrected chi connectivity index (χ0v) is 10.1. The van der Waals surface area contributed by atoms with Crippen LogP contribution in [0.25, 0.3) is 10.8 Å². The van der Waals surface area contributed by atoms with E-state index in [1.807, 2.05) is 24.3 Å². The minimum atomic E-state index is -0.244. The van der Waals surface area contributed by atoms with Crippen molar-refractivity contribution in [2.75, 3.05) is 24.7 Å². The summed E-state index contributed by atoms with van der Waals surface area (Å²) in [5, 5.41) is 5.12. The quantitative estimate of drug-likeness (QED) is 0.634. The number of fused-ring (bicyclic) bond motifs is 1. The molecule has 0 aliphatic carbocycles. The smallest absolute Gasteiger partial charge is 0.307 e. The van der Waals surface area contributed by atoms with E-state index in [-0.39, 0.29) is 5.97 Å². The molecule has 0 bridgehead atoms. The van der Waals surface area contributed by atoms with Gasteiger partial charge in [0.2, 0.25) is 0 Å². The zero-order valence-electron chi connectivity index (χ0n) is 10.1. The van der Waals surface area contributed by atoms with Gasteiger partial charge in [0.1, 0.15) is 5.82 Å². The van der Waals surface area contributed by atoms with Gasteiger partial charge in [-0.15, -0.1) is 0 Å². The predicted octanol–water partition coefficient (Wildman–Crippen LogP) is 1.79. The van der Waals surface area contributed by atoms with E-state index in [1.165, 1.54) is 7.11 Å². The molecule has 18 heavy (non-hydrogen) atoms. The second-order valence-corrected chi connectivity index (χ2v) is 3.89. The Morgan fingerprint density at radius 1 is 1.44 bits per heavy atom. The number of nitrogens with two attached hydrogens (primary N) is 1. The first-order valence-corrected chi connectivity index (χ1v) is 5.65. The van der Waals surface area contributed by atoms with Crippen molar-refractivity contribution in [2.45, 2.75) is 6.42 Å². The summed E-state index contributed by atoms with van der Waals surface area (Å²) < 4.78 is 4.58. The number of carbonyl (C=O) groups excluding carboxylic acids is 1. The number of ether oxygens (including phenoxy) is 1. The van der Waals surface area contributed by atoms with Crippen molar-refractivity contribution in [1.82, 2.24) is 4.98 Å². The lowest BCUT2D eigenvalue weighted by Crippen LogP contribution is -2.10. The molecule has 2 aromatic rings. The molecule has 0 fully saturated rings. The molecule has 1 aromatic heterocycles. The molecule has 0 aliphatic rings. The molecular weight excluding hydrogens is 230 g/mol. The Hall–Kier alpha value is -2.30. The van der Waals surface area contributed by atoms with Gasteiger partial charge >= 0.3 is 5.97 Å². The number of nitrogens with zero attached hydrogens (tertiary/aromatic N) is 1. The number of hydrogen-bond donors (Lipinski definition) is 2. The molecule has 94 valence electrons. The second-order valence-electron chi connectivity index (χ2n) is 3.89. The maximum atomic E-state index is 11.0. The van der Waals surface area contributed by atoms with Gasteiger partial charge < -0.3 is 15.8 Å². The highest BCUT2D eigenvalue weighted by molar-refractivity contribution is 5.93. The highest BCUT2D eigenvalue weighted by Gasteiger charge is 2.04. The summed E-state index contributed by atoms with van der Waals surface area (Å²) in [4.78, 5) is 15.3. The van der Waals surface area contributed by atoms with Gasteiger partial charge in [0, 0.05) is 23.8 Å². The van der Waals surface area contributed by atoms with Gasteiger partial charge in [-0.05, 0) is 29.7 Å². The third kappa shape index (κ3) is 2.68. The highest BCUT2D eigenvalue weighted by atomic mass is 16.5. The predicted molar refractivity (Wildman–Crippen MR) is 71.3 cm³/mol. The first kappa shape index (κ1) is 12.2. The molecule has 0 amide bonds. The molecule has 5 nitrogen and oxygen atoms in total. The van der Waals surface area contributed by atoms with Crippen molar-refractivity contribution in [1.29, 1.82) is 0 Å². The fourth-order valence-electron chi connectivity index (χ4n) is 1.72. The number of anilines is 2. The van der Waals surface area contributed by atoms with Crippen LogP contribution in [0.15, 0.2) is 30.5 Å². The summed E-state index contributed by atoms with van der Waals surface area (Å²) in [7, 11) is 1.38. The average molecular weight is 245 g/mol. The topological polar surface area (TPSA) is 77.2 Å². The van der Waals surface area contributed by atoms with Gasteiger partial charge in [-0.3, -0.25) is 4.79 Å². The lowest BCUT2D eigenvalue weighted by Gasteiger charge is -2.08. The standard InChI is InChI=1S/C13H15N3O2/c1-18-12(17)5-7-16-13-11-3-2-10(14)8-9(11)4-6-15-13/h2-4,6,8H,5,7,14H2,1H3,(H,15,16). The number of nitrogens with one attached hydrogen (secondary N) is 1. The molecule has 0 radical (unpaired) electrons. The first-order chi connectivity index (χ1) is 8.70. The summed E-state index contributed by atoms with van der Waals surface area (Å²) in [5.74, 6) is 0.503. The number of rotatable bonds is 4. The fraction of sp³-hybridized carbons (Fsp3) is 0.231. The van der Waals surface area contributed by atoms with E-state index in [0.717, 1.165) is 16.6 Å². The minimum absolute atomic E-state index is 0.244. The fourth-order valence-corrected chi connectivity index (χ4v) is 1.72. The second kappa shape index (κ2) is 5.35. The van der Waals surface area contributed by atoms with Crippen LogP contribution in [0.2, 0.25) is 0 Å². The molecule has 5 heteroatoms. The van der Waals surface area contributed by atoms with Crippen LogP contribution in [0.3, 0.4) is 0 Å². The lowest BCUT2D eigenvalue weighted by atomic mass is 10.1. The zero-order chi connectivity index (χ0) is 13.0. The van der Waals surface area contributed by atoms with Crippen LogP contribution >= 0.6 is 0 Å². The van der Waals surface area contributed by atoms with Crippen LogP contribution in [0.1, 0.15) is 6.42 Å². The third-order valence-electron chi connectivity index (χ3n) is 2.64. The Morgan fingerprint density at radius 3 is 3.06 bits per heavy atom. The van der Waals surface area contributed by atoms with E-state index >= 15 is 0 Å². The molecule has 0 saturated carbocycles. The number of pyridine rings is 1. The van der Waals surface area contributed by atoms with Gasteiger partial charge in [-0.1, -0.05) is 0 Å². The minimum Gasteiger partial charge on any atom is -0.469 e. The number of hydrogen-bond acceptors (Lipinski definition) is 5. The van der Waals surface area contributed by atoms with E-state index < -0.39 is 0 Å². The average Bonchev–Trinajstić information content (AvgIpc) is 2.38. The first-order valence-electron chi connectivity index (χ1n) is 5.65. The molecule has 0 atom stereocenters. The number of methoxy groups -OCH3 is 1. The summed E-state index contributed by atoms with van der Waals surface area (Å²) >= 11 is 0. The Labute approximate surface area is 105 Å². The molecule has 2 rings (SSSR count). The van der Waals surface area contributed by atoms with Crippen molar-refractivity contribution in [3.8, 4) is 0 Å². The molecule has 1 aromatic carbocycles. The van der Waals surface area contributed by atoms with Crippen molar-refractivity contribution < 1.29 is 9.53 Å². The Morgan fingerprint density at radius 2 is 2.28 bits per heavy atom. The summed E-state index contributed by atoms with van der Waals surface area (Å²) in [6, 6.07) is 7.54. The number of aromatic nitrogens is 1. The highest BCUT2D eigenvalue weighted by Crippen LogP contribution is 2.22. The third-order valence-corrected chi connectivity index (χ3v) is 2.64. The van der Waals surface area contributed by atoms with Gasteiger partial charge in [-0.2, -0.15) is 0 Å². The van der Waals surface area contributed by atoms with Crippen molar-refractivity contribution in [2.24, 2.45) is 0 Å².